The molecule has 43 nitrogen and oxygen atoms in total. The summed E-state index contributed by atoms with van der Waals surface area (Å²) in [7, 11) is 0. The molecule has 0 aromatic carbocycles. The molecule has 3 saturated heterocycles. The Morgan fingerprint density at radius 2 is 0.661 bits per heavy atom. The van der Waals surface area contributed by atoms with Crippen LogP contribution in [0.15, 0.2) is 5.11 Å². The standard InChI is InChI=1S/C66H119N11O32/c1-43(81)73-54-60(92)57(89)46(37-78)107-63(54)104-34-31-98-28-25-95-22-16-69-50(85)11-19-101-40-66(76-53(88)10-7-5-4-6-9-49(84)68-14-8-15-72-77-67,41-102-20-12-51(86)70-17-23-96-26-29-99-32-35-105-64-55(74-44(2)82)61(93)58(90)47(38-79)108-64)42-103-21-13-52(87)71-18-24-97-27-30-100-33-36-106-65-56(75-45(3)83)62(94)59(91)48(39-80)109-65/h46-48,54-65,78-80,89-94H,4-42H2,1-3H3,(H,68,84)(H,69,85)(H,70,86)(H,71,87)(H,73,81)(H,74,82)(H,75,83)(H,76,88). The molecule has 3 fully saturated rings. The molecule has 15 unspecified atom stereocenters. The van der Waals surface area contributed by atoms with Gasteiger partial charge in [0.1, 0.15) is 78.6 Å². The van der Waals surface area contributed by atoms with Crippen molar-refractivity contribution in [3.05, 3.63) is 10.4 Å². The van der Waals surface area contributed by atoms with Gasteiger partial charge in [-0.1, -0.05) is 18.0 Å². The minimum atomic E-state index is -1.47. The lowest BCUT2D eigenvalue weighted by molar-refractivity contribution is -0.272. The van der Waals surface area contributed by atoms with Gasteiger partial charge in [0, 0.05) is 90.5 Å². The van der Waals surface area contributed by atoms with E-state index in [1.54, 1.807) is 0 Å². The molecule has 0 bridgehead atoms. The van der Waals surface area contributed by atoms with E-state index in [0.29, 0.717) is 38.6 Å². The summed E-state index contributed by atoms with van der Waals surface area (Å²) >= 11 is 0. The van der Waals surface area contributed by atoms with E-state index in [2.05, 4.69) is 52.6 Å². The SMILES string of the molecule is CC(=O)NC1C(OCCOCCOCCNC(=O)CCOCC(COCCC(=O)NCCOCCOCCOC2OC(CO)C(O)C(O)C2NC(C)=O)(COCCC(=O)NCCOCCOCCOC2OC(CO)C(O)C(O)C2NC(C)=O)NC(=O)CCCCCCC(=O)NCCCN=[N+]=[N-])OC(CO)C(O)C1O. The van der Waals surface area contributed by atoms with Crippen molar-refractivity contribution in [2.45, 2.75) is 182 Å². The summed E-state index contributed by atoms with van der Waals surface area (Å²) in [5, 5.41) is 116. The van der Waals surface area contributed by atoms with E-state index in [4.69, 9.17) is 76.6 Å². The molecule has 630 valence electrons. The maximum Gasteiger partial charge on any atom is 0.222 e. The summed E-state index contributed by atoms with van der Waals surface area (Å²) in [5.74, 6) is -3.26. The van der Waals surface area contributed by atoms with Crippen LogP contribution in [-0.4, -0.2) is 382 Å². The Balaban J connectivity index is 1.55. The lowest BCUT2D eigenvalue weighted by Gasteiger charge is -2.42. The second kappa shape index (κ2) is 58.9. The molecular formula is C66H119N11O32. The van der Waals surface area contributed by atoms with Crippen LogP contribution in [0.3, 0.4) is 0 Å². The summed E-state index contributed by atoms with van der Waals surface area (Å²) in [4.78, 5) is 103. The van der Waals surface area contributed by atoms with E-state index >= 15 is 0 Å². The molecular weight excluding hydrogens is 1460 g/mol. The fraction of sp³-hybridized carbons (Fsp3) is 0.879. The van der Waals surface area contributed by atoms with Crippen molar-refractivity contribution in [3.8, 4) is 0 Å². The highest BCUT2D eigenvalue weighted by atomic mass is 16.7. The van der Waals surface area contributed by atoms with Crippen LogP contribution in [0.5, 0.6) is 0 Å². The number of carbonyl (C=O) groups excluding carboxylic acids is 8. The quantitative estimate of drug-likeness (QED) is 0.0116. The minimum Gasteiger partial charge on any atom is -0.394 e. The number of amides is 8. The van der Waals surface area contributed by atoms with E-state index in [-0.39, 0.29) is 203 Å². The summed E-state index contributed by atoms with van der Waals surface area (Å²) in [5.41, 5.74) is 7.02. The molecule has 8 amide bonds. The Morgan fingerprint density at radius 3 is 0.972 bits per heavy atom. The third-order valence-corrected chi connectivity index (χ3v) is 16.4. The Morgan fingerprint density at radius 1 is 0.367 bits per heavy atom. The van der Waals surface area contributed by atoms with Gasteiger partial charge in [-0.2, -0.15) is 0 Å². The van der Waals surface area contributed by atoms with Gasteiger partial charge in [-0.25, -0.2) is 0 Å². The van der Waals surface area contributed by atoms with Crippen LogP contribution in [0.1, 0.15) is 85.0 Å². The Hall–Kier alpha value is -5.89. The third kappa shape index (κ3) is 42.0. The van der Waals surface area contributed by atoms with Gasteiger partial charge in [0.05, 0.1) is 159 Å². The molecule has 3 rings (SSSR count). The molecule has 3 aliphatic heterocycles. The number of aliphatic hydroxyl groups is 9. The summed E-state index contributed by atoms with van der Waals surface area (Å²) in [6, 6.07) is -3.32. The van der Waals surface area contributed by atoms with Crippen LogP contribution in [0.4, 0.5) is 0 Å². The first-order chi connectivity index (χ1) is 52.5. The summed E-state index contributed by atoms with van der Waals surface area (Å²) in [6.07, 6.45) is -13.1. The Bertz CT molecular complexity index is 2380. The normalized spacial score (nSPS) is 24.5. The van der Waals surface area contributed by atoms with E-state index in [1.165, 1.54) is 20.8 Å². The molecule has 3 heterocycles. The number of nitrogens with zero attached hydrogens (tertiary/aromatic N) is 3. The van der Waals surface area contributed by atoms with Gasteiger partial charge < -0.3 is 160 Å². The number of hydrogen-bond acceptors (Lipinski definition) is 33. The van der Waals surface area contributed by atoms with E-state index in [0.717, 1.165) is 0 Å². The highest BCUT2D eigenvalue weighted by Crippen LogP contribution is 2.25. The average Bonchev–Trinajstić information content (AvgIpc) is 0.821. The first-order valence-corrected chi connectivity index (χ1v) is 36.6. The zero-order valence-electron chi connectivity index (χ0n) is 62.5. The van der Waals surface area contributed by atoms with Crippen LogP contribution < -0.4 is 42.5 Å². The molecule has 0 aromatic heterocycles. The first-order valence-electron chi connectivity index (χ1n) is 36.6. The number of nitrogens with one attached hydrogen (secondary N) is 8. The van der Waals surface area contributed by atoms with Gasteiger partial charge in [0.2, 0.25) is 47.3 Å². The van der Waals surface area contributed by atoms with Gasteiger partial charge in [0.15, 0.2) is 18.9 Å². The second-order valence-corrected chi connectivity index (χ2v) is 25.4. The van der Waals surface area contributed by atoms with Gasteiger partial charge >= 0.3 is 0 Å². The summed E-state index contributed by atoms with van der Waals surface area (Å²) < 4.78 is 84.9. The number of aliphatic hydroxyl groups excluding tert-OH is 9. The van der Waals surface area contributed by atoms with E-state index in [9.17, 15) is 84.3 Å². The van der Waals surface area contributed by atoms with Gasteiger partial charge in [-0.05, 0) is 24.8 Å². The average molecular weight is 1580 g/mol. The number of azide groups is 1. The molecule has 0 aliphatic carbocycles. The van der Waals surface area contributed by atoms with Crippen molar-refractivity contribution in [2.75, 3.05) is 191 Å². The molecule has 15 atom stereocenters. The minimum absolute atomic E-state index is 0.0399. The van der Waals surface area contributed by atoms with Crippen molar-refractivity contribution >= 4 is 47.3 Å². The van der Waals surface area contributed by atoms with Crippen molar-refractivity contribution in [2.24, 2.45) is 5.11 Å². The van der Waals surface area contributed by atoms with Crippen molar-refractivity contribution in [3.63, 3.8) is 0 Å². The predicted octanol–water partition coefficient (Wildman–Crippen LogP) is -7.45. The highest BCUT2D eigenvalue weighted by Gasteiger charge is 2.48. The maximum absolute atomic E-state index is 13.9. The van der Waals surface area contributed by atoms with Crippen LogP contribution in [0, 0.1) is 0 Å². The molecule has 17 N–H and O–H groups in total. The molecule has 0 radical (unpaired) electrons. The molecule has 0 saturated carbocycles. The smallest absolute Gasteiger partial charge is 0.222 e. The van der Waals surface area contributed by atoms with Gasteiger partial charge in [-0.3, -0.25) is 38.4 Å². The fourth-order valence-electron chi connectivity index (χ4n) is 10.9. The largest absolute Gasteiger partial charge is 0.394 e. The molecule has 0 aromatic rings. The predicted molar refractivity (Wildman–Crippen MR) is 374 cm³/mol. The number of carbonyl (C=O) groups is 8. The third-order valence-electron chi connectivity index (χ3n) is 16.4. The fourth-order valence-corrected chi connectivity index (χ4v) is 10.9. The van der Waals surface area contributed by atoms with Crippen molar-refractivity contribution in [1.29, 1.82) is 0 Å². The lowest BCUT2D eigenvalue weighted by Crippen LogP contribution is -2.64. The van der Waals surface area contributed by atoms with Crippen molar-refractivity contribution in [1.82, 2.24) is 42.5 Å². The summed E-state index contributed by atoms with van der Waals surface area (Å²) in [6.45, 7) is 2.82. The van der Waals surface area contributed by atoms with Crippen LogP contribution in [0.25, 0.3) is 10.4 Å². The zero-order chi connectivity index (χ0) is 80.0. The van der Waals surface area contributed by atoms with Gasteiger partial charge in [0.25, 0.3) is 0 Å². The van der Waals surface area contributed by atoms with Gasteiger partial charge in [-0.15, -0.1) is 0 Å². The van der Waals surface area contributed by atoms with Crippen molar-refractivity contribution < 1.29 is 155 Å². The topological polar surface area (TPSA) is 602 Å². The molecule has 3 aliphatic rings. The number of rotatable bonds is 63. The van der Waals surface area contributed by atoms with Crippen LogP contribution >= 0.6 is 0 Å². The molecule has 109 heavy (non-hydrogen) atoms. The second-order valence-electron chi connectivity index (χ2n) is 25.4. The van der Waals surface area contributed by atoms with Crippen LogP contribution in [-0.2, 0) is 109 Å². The lowest BCUT2D eigenvalue weighted by atomic mass is 9.97. The highest BCUT2D eigenvalue weighted by molar-refractivity contribution is 5.78. The Labute approximate surface area is 632 Å². The molecule has 0 spiro atoms. The first kappa shape index (κ1) is 97.3. The number of ether oxygens (including phenoxy) is 15. The zero-order valence-corrected chi connectivity index (χ0v) is 62.5. The van der Waals surface area contributed by atoms with E-state index < -0.39 is 159 Å². The van der Waals surface area contributed by atoms with Crippen LogP contribution in [0.2, 0.25) is 0 Å². The monoisotopic (exact) mass is 1580 g/mol. The number of hydrogen-bond donors (Lipinski definition) is 17. The van der Waals surface area contributed by atoms with E-state index in [1.807, 2.05) is 0 Å². The maximum atomic E-state index is 13.9. The molecule has 43 heteroatoms. The Kier molecular flexibility index (Phi) is 52.6. The number of unbranched alkanes of at least 4 members (excludes halogenated alkanes) is 3.